The molecule has 5 N–H and O–H groups in total. The van der Waals surface area contributed by atoms with Gasteiger partial charge in [-0.3, -0.25) is 10.2 Å². The minimum Gasteiger partial charge on any atom is -0.379 e. The van der Waals surface area contributed by atoms with Crippen molar-refractivity contribution in [1.29, 1.82) is 0 Å². The molecule has 1 saturated heterocycles. The van der Waals surface area contributed by atoms with Crippen LogP contribution >= 0.6 is 0 Å². The minimum atomic E-state index is -0.622. The van der Waals surface area contributed by atoms with Crippen LogP contribution in [0.5, 0.6) is 0 Å². The highest BCUT2D eigenvalue weighted by atomic mass is 16.5. The summed E-state index contributed by atoms with van der Waals surface area (Å²) in [6.07, 6.45) is 0. The van der Waals surface area contributed by atoms with Gasteiger partial charge in [0.1, 0.15) is 0 Å². The van der Waals surface area contributed by atoms with E-state index in [2.05, 4.69) is 5.43 Å². The van der Waals surface area contributed by atoms with E-state index in [1.807, 2.05) is 5.01 Å². The monoisotopic (exact) mass is 188 g/mol. The maximum atomic E-state index is 10.6. The van der Waals surface area contributed by atoms with Gasteiger partial charge >= 0.3 is 0 Å². The summed E-state index contributed by atoms with van der Waals surface area (Å²) in [5, 5.41) is 1.98. The van der Waals surface area contributed by atoms with Crippen molar-refractivity contribution in [2.45, 2.75) is 6.04 Å². The fraction of sp³-hybridized carbons (Fsp3) is 0.857. The Morgan fingerprint density at radius 2 is 2.15 bits per heavy atom. The number of nitrogens with one attached hydrogen (secondary N) is 1. The van der Waals surface area contributed by atoms with Crippen LogP contribution in [0.25, 0.3) is 0 Å². The van der Waals surface area contributed by atoms with Crippen molar-refractivity contribution < 1.29 is 9.53 Å². The lowest BCUT2D eigenvalue weighted by molar-refractivity contribution is -0.119. The average molecular weight is 188 g/mol. The van der Waals surface area contributed by atoms with E-state index < -0.39 is 11.9 Å². The lowest BCUT2D eigenvalue weighted by Crippen LogP contribution is -2.52. The van der Waals surface area contributed by atoms with E-state index in [0.29, 0.717) is 19.8 Å². The molecule has 1 rings (SSSR count). The third kappa shape index (κ3) is 3.69. The first-order valence-electron chi connectivity index (χ1n) is 4.31. The number of carbonyl (C=O) groups is 1. The van der Waals surface area contributed by atoms with Crippen molar-refractivity contribution in [3.8, 4) is 0 Å². The molecule has 13 heavy (non-hydrogen) atoms. The van der Waals surface area contributed by atoms with Crippen molar-refractivity contribution in [3.63, 3.8) is 0 Å². The standard InChI is InChI=1S/C7H16N4O2/c8-6(7(9)12)5-10-11-1-3-13-4-2-11/h6,10H,1-5,8H2,(H2,9,12). The van der Waals surface area contributed by atoms with Crippen LogP contribution in [-0.4, -0.2) is 49.8 Å². The summed E-state index contributed by atoms with van der Waals surface area (Å²) in [4.78, 5) is 10.6. The Balaban J connectivity index is 2.13. The molecule has 1 fully saturated rings. The SMILES string of the molecule is NC(=O)C(N)CNN1CCOCC1. The first-order chi connectivity index (χ1) is 6.20. The van der Waals surface area contributed by atoms with Crippen molar-refractivity contribution in [2.24, 2.45) is 11.5 Å². The van der Waals surface area contributed by atoms with E-state index in [-0.39, 0.29) is 0 Å². The number of nitrogens with two attached hydrogens (primary N) is 2. The van der Waals surface area contributed by atoms with Crippen LogP contribution in [0.1, 0.15) is 0 Å². The van der Waals surface area contributed by atoms with Gasteiger partial charge in [0, 0.05) is 19.6 Å². The quantitative estimate of drug-likeness (QED) is 0.458. The number of rotatable bonds is 4. The van der Waals surface area contributed by atoms with Gasteiger partial charge in [0.15, 0.2) is 0 Å². The second-order valence-electron chi connectivity index (χ2n) is 2.97. The zero-order valence-electron chi connectivity index (χ0n) is 7.53. The molecule has 1 unspecified atom stereocenters. The van der Waals surface area contributed by atoms with Gasteiger partial charge in [-0.05, 0) is 0 Å². The fourth-order valence-electron chi connectivity index (χ4n) is 1.05. The average Bonchev–Trinajstić information content (AvgIpc) is 2.15. The van der Waals surface area contributed by atoms with Crippen molar-refractivity contribution >= 4 is 5.91 Å². The highest BCUT2D eigenvalue weighted by Crippen LogP contribution is 1.91. The summed E-state index contributed by atoms with van der Waals surface area (Å²) >= 11 is 0. The molecule has 0 aromatic rings. The van der Waals surface area contributed by atoms with Gasteiger partial charge in [-0.15, -0.1) is 0 Å². The summed E-state index contributed by atoms with van der Waals surface area (Å²) < 4.78 is 5.15. The third-order valence-corrected chi connectivity index (χ3v) is 1.91. The Hall–Kier alpha value is -0.690. The predicted molar refractivity (Wildman–Crippen MR) is 47.6 cm³/mol. The molecule has 0 radical (unpaired) electrons. The summed E-state index contributed by atoms with van der Waals surface area (Å²) in [6.45, 7) is 3.42. The van der Waals surface area contributed by atoms with Gasteiger partial charge in [0.2, 0.25) is 5.91 Å². The Morgan fingerprint density at radius 1 is 1.54 bits per heavy atom. The highest BCUT2D eigenvalue weighted by Gasteiger charge is 2.13. The van der Waals surface area contributed by atoms with Gasteiger partial charge in [-0.2, -0.15) is 0 Å². The molecule has 0 bridgehead atoms. The van der Waals surface area contributed by atoms with E-state index in [0.717, 1.165) is 13.1 Å². The largest absolute Gasteiger partial charge is 0.379 e. The Morgan fingerprint density at radius 3 is 2.69 bits per heavy atom. The number of morpholine rings is 1. The van der Waals surface area contributed by atoms with E-state index >= 15 is 0 Å². The minimum absolute atomic E-state index is 0.384. The van der Waals surface area contributed by atoms with Crippen molar-refractivity contribution in [1.82, 2.24) is 10.4 Å². The lowest BCUT2D eigenvalue weighted by Gasteiger charge is -2.27. The van der Waals surface area contributed by atoms with E-state index in [9.17, 15) is 4.79 Å². The second kappa shape index (κ2) is 5.13. The summed E-state index contributed by atoms with van der Waals surface area (Å²) in [7, 11) is 0. The molecule has 0 aromatic carbocycles. The number of primary amides is 1. The van der Waals surface area contributed by atoms with E-state index in [4.69, 9.17) is 16.2 Å². The van der Waals surface area contributed by atoms with Crippen molar-refractivity contribution in [3.05, 3.63) is 0 Å². The van der Waals surface area contributed by atoms with Gasteiger partial charge < -0.3 is 16.2 Å². The van der Waals surface area contributed by atoms with Crippen LogP contribution in [0.4, 0.5) is 0 Å². The van der Waals surface area contributed by atoms with Crippen LogP contribution in [0.3, 0.4) is 0 Å². The number of hydrazine groups is 1. The number of ether oxygens (including phenoxy) is 1. The first-order valence-corrected chi connectivity index (χ1v) is 4.31. The Bertz CT molecular complexity index is 170. The Kier molecular flexibility index (Phi) is 4.10. The van der Waals surface area contributed by atoms with Crippen LogP contribution in [0.2, 0.25) is 0 Å². The molecule has 0 saturated carbocycles. The zero-order chi connectivity index (χ0) is 9.68. The van der Waals surface area contributed by atoms with Gasteiger partial charge in [0.05, 0.1) is 19.3 Å². The lowest BCUT2D eigenvalue weighted by atomic mass is 10.3. The number of hydrogen-bond donors (Lipinski definition) is 3. The van der Waals surface area contributed by atoms with Gasteiger partial charge in [-0.1, -0.05) is 0 Å². The summed E-state index contributed by atoms with van der Waals surface area (Å²) in [5.41, 5.74) is 13.5. The predicted octanol–water partition coefficient (Wildman–Crippen LogP) is -2.36. The summed E-state index contributed by atoms with van der Waals surface area (Å²) in [6, 6.07) is -0.622. The third-order valence-electron chi connectivity index (χ3n) is 1.91. The molecular weight excluding hydrogens is 172 g/mol. The maximum absolute atomic E-state index is 10.6. The van der Waals surface area contributed by atoms with Crippen LogP contribution in [-0.2, 0) is 9.53 Å². The molecular formula is C7H16N4O2. The number of amides is 1. The molecule has 6 heteroatoms. The molecule has 1 heterocycles. The van der Waals surface area contributed by atoms with E-state index in [1.54, 1.807) is 0 Å². The first kappa shape index (κ1) is 10.4. The molecule has 1 aliphatic rings. The maximum Gasteiger partial charge on any atom is 0.235 e. The van der Waals surface area contributed by atoms with Crippen molar-refractivity contribution in [2.75, 3.05) is 32.8 Å². The van der Waals surface area contributed by atoms with Gasteiger partial charge in [-0.25, -0.2) is 5.01 Å². The molecule has 1 aliphatic heterocycles. The second-order valence-corrected chi connectivity index (χ2v) is 2.97. The topological polar surface area (TPSA) is 93.6 Å². The number of hydrogen-bond acceptors (Lipinski definition) is 5. The van der Waals surface area contributed by atoms with Gasteiger partial charge in [0.25, 0.3) is 0 Å². The Labute approximate surface area is 77.2 Å². The molecule has 76 valence electrons. The fourth-order valence-corrected chi connectivity index (χ4v) is 1.05. The molecule has 0 aromatic heterocycles. The molecule has 0 spiro atoms. The van der Waals surface area contributed by atoms with Crippen LogP contribution in [0.15, 0.2) is 0 Å². The molecule has 1 atom stereocenters. The highest BCUT2D eigenvalue weighted by molar-refractivity contribution is 5.79. The van der Waals surface area contributed by atoms with E-state index in [1.165, 1.54) is 0 Å². The summed E-state index contributed by atoms with van der Waals surface area (Å²) in [5.74, 6) is -0.485. The number of nitrogens with zero attached hydrogens (tertiary/aromatic N) is 1. The molecule has 6 nitrogen and oxygen atoms in total. The molecule has 0 aliphatic carbocycles. The smallest absolute Gasteiger partial charge is 0.235 e. The zero-order valence-corrected chi connectivity index (χ0v) is 7.53. The number of carbonyl (C=O) groups excluding carboxylic acids is 1. The normalized spacial score (nSPS) is 21.3. The van der Waals surface area contributed by atoms with Crippen LogP contribution < -0.4 is 16.9 Å². The molecule has 1 amide bonds. The van der Waals surface area contributed by atoms with Crippen LogP contribution in [0, 0.1) is 0 Å².